The number of hydrogen-bond donors (Lipinski definition) is 0. The number of rotatable bonds is 8. The monoisotopic (exact) mass is 489 g/mol. The van der Waals surface area contributed by atoms with Gasteiger partial charge in [0, 0.05) is 12.0 Å². The number of alkyl halides is 2. The molecule has 2 heterocycles. The molecule has 0 amide bonds. The Bertz CT molecular complexity index is 1040. The van der Waals surface area contributed by atoms with Crippen LogP contribution in [0.5, 0.6) is 11.5 Å². The average molecular weight is 490 g/mol. The molecule has 0 aliphatic heterocycles. The molecular formula is C20H15Cl2F2NO5S. The van der Waals surface area contributed by atoms with Gasteiger partial charge in [-0.25, -0.2) is 4.79 Å². The van der Waals surface area contributed by atoms with E-state index in [2.05, 4.69) is 4.74 Å². The van der Waals surface area contributed by atoms with Gasteiger partial charge in [0.2, 0.25) is 0 Å². The summed E-state index contributed by atoms with van der Waals surface area (Å²) in [6.45, 7) is -3.03. The number of hydrogen-bond acceptors (Lipinski definition) is 6. The van der Waals surface area contributed by atoms with E-state index in [4.69, 9.17) is 32.7 Å². The quantitative estimate of drug-likeness (QED) is 0.239. The molecule has 3 rings (SSSR count). The van der Waals surface area contributed by atoms with Crippen LogP contribution < -0.4 is 14.2 Å². The SMILES string of the molecule is COc1cc(C(Cc2c(Cl)c[n+]([O-])cc2Cl)OC(=O)c2cccs2)ccc1OC(F)F. The predicted molar refractivity (Wildman–Crippen MR) is 111 cm³/mol. The highest BCUT2D eigenvalue weighted by atomic mass is 35.5. The van der Waals surface area contributed by atoms with Crippen LogP contribution in [0.25, 0.3) is 0 Å². The molecule has 0 aliphatic carbocycles. The molecule has 164 valence electrons. The fraction of sp³-hybridized carbons (Fsp3) is 0.200. The molecule has 11 heteroatoms. The molecule has 0 saturated carbocycles. The zero-order chi connectivity index (χ0) is 22.5. The van der Waals surface area contributed by atoms with Crippen LogP contribution in [0, 0.1) is 5.21 Å². The van der Waals surface area contributed by atoms with Crippen LogP contribution in [0.1, 0.15) is 26.9 Å². The van der Waals surface area contributed by atoms with Crippen LogP contribution >= 0.6 is 34.5 Å². The Balaban J connectivity index is 1.98. The molecule has 1 aromatic carbocycles. The minimum absolute atomic E-state index is 0.0217. The number of halogens is 4. The minimum Gasteiger partial charge on any atom is -0.619 e. The normalized spacial score (nSPS) is 11.9. The fourth-order valence-corrected chi connectivity index (χ4v) is 4.00. The third-order valence-electron chi connectivity index (χ3n) is 4.19. The van der Waals surface area contributed by atoms with Crippen molar-refractivity contribution in [1.82, 2.24) is 0 Å². The molecule has 31 heavy (non-hydrogen) atoms. The molecule has 0 N–H and O–H groups in total. The Morgan fingerprint density at radius 1 is 1.19 bits per heavy atom. The van der Waals surface area contributed by atoms with Crippen LogP contribution in [0.4, 0.5) is 8.78 Å². The summed E-state index contributed by atoms with van der Waals surface area (Å²) >= 11 is 13.5. The highest BCUT2D eigenvalue weighted by Gasteiger charge is 2.25. The first-order chi connectivity index (χ1) is 14.8. The van der Waals surface area contributed by atoms with E-state index in [1.807, 2.05) is 0 Å². The summed E-state index contributed by atoms with van der Waals surface area (Å²) in [5.41, 5.74) is 0.806. The van der Waals surface area contributed by atoms with E-state index in [1.54, 1.807) is 17.5 Å². The highest BCUT2D eigenvalue weighted by molar-refractivity contribution is 7.11. The third-order valence-corrected chi connectivity index (χ3v) is 5.70. The first-order valence-electron chi connectivity index (χ1n) is 8.72. The second-order valence-electron chi connectivity index (χ2n) is 6.16. The summed E-state index contributed by atoms with van der Waals surface area (Å²) in [7, 11) is 1.29. The van der Waals surface area contributed by atoms with Crippen molar-refractivity contribution in [3.8, 4) is 11.5 Å². The largest absolute Gasteiger partial charge is 0.619 e. The zero-order valence-electron chi connectivity index (χ0n) is 15.9. The molecule has 2 aromatic heterocycles. The lowest BCUT2D eigenvalue weighted by Crippen LogP contribution is -2.25. The molecule has 1 unspecified atom stereocenters. The van der Waals surface area contributed by atoms with Crippen molar-refractivity contribution in [1.29, 1.82) is 0 Å². The summed E-state index contributed by atoms with van der Waals surface area (Å²) in [6.07, 6.45) is 1.36. The Morgan fingerprint density at radius 3 is 2.48 bits per heavy atom. The summed E-state index contributed by atoms with van der Waals surface area (Å²) in [5.74, 6) is -0.737. The summed E-state index contributed by atoms with van der Waals surface area (Å²) in [6, 6.07) is 7.47. The number of aromatic nitrogens is 1. The number of carbonyl (C=O) groups is 1. The van der Waals surface area contributed by atoms with Crippen LogP contribution in [0.2, 0.25) is 10.0 Å². The lowest BCUT2D eigenvalue weighted by molar-refractivity contribution is -0.605. The molecule has 6 nitrogen and oxygen atoms in total. The van der Waals surface area contributed by atoms with E-state index in [0.29, 0.717) is 20.7 Å². The summed E-state index contributed by atoms with van der Waals surface area (Å²) in [5, 5.41) is 13.4. The number of benzene rings is 1. The molecular weight excluding hydrogens is 475 g/mol. The maximum absolute atomic E-state index is 12.6. The van der Waals surface area contributed by atoms with Gasteiger partial charge in [0.25, 0.3) is 0 Å². The van der Waals surface area contributed by atoms with Crippen molar-refractivity contribution in [3.05, 3.63) is 79.4 Å². The van der Waals surface area contributed by atoms with Gasteiger partial charge in [0.15, 0.2) is 23.9 Å². The van der Waals surface area contributed by atoms with Gasteiger partial charge in [-0.15, -0.1) is 11.3 Å². The number of ether oxygens (including phenoxy) is 3. The van der Waals surface area contributed by atoms with Crippen molar-refractivity contribution < 1.29 is 32.5 Å². The van der Waals surface area contributed by atoms with E-state index in [-0.39, 0.29) is 28.0 Å². The molecule has 0 fully saturated rings. The fourth-order valence-electron chi connectivity index (χ4n) is 2.80. The zero-order valence-corrected chi connectivity index (χ0v) is 18.2. The first kappa shape index (κ1) is 23.1. The molecule has 1 atom stereocenters. The smallest absolute Gasteiger partial charge is 0.387 e. The number of pyridine rings is 1. The molecule has 0 aliphatic rings. The van der Waals surface area contributed by atoms with Crippen LogP contribution in [0.15, 0.2) is 48.1 Å². The van der Waals surface area contributed by atoms with Gasteiger partial charge >= 0.3 is 12.6 Å². The van der Waals surface area contributed by atoms with E-state index in [1.165, 1.54) is 36.6 Å². The van der Waals surface area contributed by atoms with Crippen molar-refractivity contribution in [3.63, 3.8) is 0 Å². The van der Waals surface area contributed by atoms with E-state index in [9.17, 15) is 18.8 Å². The predicted octanol–water partition coefficient (Wildman–Crippen LogP) is 5.44. The molecule has 0 bridgehead atoms. The van der Waals surface area contributed by atoms with Crippen LogP contribution in [-0.4, -0.2) is 19.7 Å². The van der Waals surface area contributed by atoms with Gasteiger partial charge in [-0.2, -0.15) is 13.5 Å². The Labute approximate surface area is 190 Å². The topological polar surface area (TPSA) is 71.7 Å². The second-order valence-corrected chi connectivity index (χ2v) is 7.92. The minimum atomic E-state index is -3.03. The first-order valence-corrected chi connectivity index (χ1v) is 10.4. The van der Waals surface area contributed by atoms with E-state index >= 15 is 0 Å². The van der Waals surface area contributed by atoms with Crippen molar-refractivity contribution in [2.24, 2.45) is 0 Å². The highest BCUT2D eigenvalue weighted by Crippen LogP contribution is 2.36. The number of carbonyl (C=O) groups excluding carboxylic acids is 1. The summed E-state index contributed by atoms with van der Waals surface area (Å²) in [4.78, 5) is 13.0. The van der Waals surface area contributed by atoms with Gasteiger partial charge in [-0.05, 0) is 29.1 Å². The number of thiophene rings is 1. The maximum Gasteiger partial charge on any atom is 0.387 e. The second kappa shape index (κ2) is 10.1. The molecule has 3 aromatic rings. The van der Waals surface area contributed by atoms with Crippen LogP contribution in [0.3, 0.4) is 0 Å². The lowest BCUT2D eigenvalue weighted by Gasteiger charge is -2.20. The van der Waals surface area contributed by atoms with E-state index < -0.39 is 18.7 Å². The van der Waals surface area contributed by atoms with Crippen LogP contribution in [-0.2, 0) is 11.2 Å². The van der Waals surface area contributed by atoms with Crippen molar-refractivity contribution >= 4 is 40.5 Å². The van der Waals surface area contributed by atoms with Gasteiger partial charge in [0.05, 0.1) is 7.11 Å². The molecule has 0 saturated heterocycles. The van der Waals surface area contributed by atoms with Gasteiger partial charge < -0.3 is 19.4 Å². The Morgan fingerprint density at radius 2 is 1.90 bits per heavy atom. The lowest BCUT2D eigenvalue weighted by atomic mass is 10.0. The van der Waals surface area contributed by atoms with Gasteiger partial charge in [-0.3, -0.25) is 0 Å². The van der Waals surface area contributed by atoms with Crippen molar-refractivity contribution in [2.75, 3.05) is 7.11 Å². The van der Waals surface area contributed by atoms with Crippen molar-refractivity contribution in [2.45, 2.75) is 19.1 Å². The number of nitrogens with zero attached hydrogens (tertiary/aromatic N) is 1. The summed E-state index contributed by atoms with van der Waals surface area (Å²) < 4.78 is 41.0. The maximum atomic E-state index is 12.6. The average Bonchev–Trinajstić information content (AvgIpc) is 3.24. The molecule has 0 spiro atoms. The van der Waals surface area contributed by atoms with E-state index in [0.717, 1.165) is 12.4 Å². The number of methoxy groups -OCH3 is 1. The van der Waals surface area contributed by atoms with Gasteiger partial charge in [0.1, 0.15) is 21.0 Å². The molecule has 0 radical (unpaired) electrons. The Hall–Kier alpha value is -2.62. The van der Waals surface area contributed by atoms with Gasteiger partial charge in [-0.1, -0.05) is 35.3 Å². The Kier molecular flexibility index (Phi) is 7.53. The number of esters is 1. The standard InChI is InChI=1S/C20H15Cl2F2NO5S/c1-28-17-7-11(4-5-15(17)30-20(23)24)16(29-19(26)18-3-2-6-31-18)8-12-13(21)9-25(27)10-14(12)22/h2-7,9-10,16,20H,8H2,1H3. The third kappa shape index (κ3) is 5.75.